The molecule has 1 aromatic carbocycles. The second kappa shape index (κ2) is 5.03. The van der Waals surface area contributed by atoms with Crippen LogP contribution in [0, 0.1) is 5.92 Å². The number of hydrogen-bond donors (Lipinski definition) is 0. The van der Waals surface area contributed by atoms with Gasteiger partial charge in [0.05, 0.1) is 0 Å². The second-order valence-electron chi connectivity index (χ2n) is 5.40. The molecular weight excluding hydrogens is 242 g/mol. The maximum Gasteiger partial charge on any atom is 0.410 e. The van der Waals surface area contributed by atoms with Crippen LogP contribution in [0.3, 0.4) is 0 Å². The SMILES string of the molecule is O=C1CC2CC(C1)N(C(=O)OCc1ccccc1)C2. The van der Waals surface area contributed by atoms with Gasteiger partial charge in [0, 0.05) is 25.4 Å². The summed E-state index contributed by atoms with van der Waals surface area (Å²) in [4.78, 5) is 25.3. The van der Waals surface area contributed by atoms with E-state index >= 15 is 0 Å². The fourth-order valence-electron chi connectivity index (χ4n) is 3.05. The highest BCUT2D eigenvalue weighted by molar-refractivity contribution is 5.82. The molecule has 4 heteroatoms. The van der Waals surface area contributed by atoms with Crippen molar-refractivity contribution >= 4 is 11.9 Å². The zero-order valence-corrected chi connectivity index (χ0v) is 10.7. The summed E-state index contributed by atoms with van der Waals surface area (Å²) >= 11 is 0. The summed E-state index contributed by atoms with van der Waals surface area (Å²) in [6.07, 6.45) is 1.79. The predicted molar refractivity (Wildman–Crippen MR) is 69.5 cm³/mol. The van der Waals surface area contributed by atoms with Crippen LogP contribution in [0.25, 0.3) is 0 Å². The average molecular weight is 259 g/mol. The summed E-state index contributed by atoms with van der Waals surface area (Å²) in [5, 5.41) is 0. The van der Waals surface area contributed by atoms with Crippen LogP contribution in [-0.4, -0.2) is 29.4 Å². The number of likely N-dealkylation sites (tertiary alicyclic amines) is 1. The molecule has 1 aliphatic carbocycles. The molecule has 2 atom stereocenters. The van der Waals surface area contributed by atoms with Crippen molar-refractivity contribution in [1.82, 2.24) is 4.90 Å². The molecule has 1 saturated heterocycles. The third kappa shape index (κ3) is 2.62. The number of carbonyl (C=O) groups is 2. The summed E-state index contributed by atoms with van der Waals surface area (Å²) < 4.78 is 5.33. The van der Waals surface area contributed by atoms with Gasteiger partial charge >= 0.3 is 6.09 Å². The number of hydrogen-bond acceptors (Lipinski definition) is 3. The molecule has 100 valence electrons. The number of ketones is 1. The van der Waals surface area contributed by atoms with Gasteiger partial charge in [-0.25, -0.2) is 4.79 Å². The molecule has 0 N–H and O–H groups in total. The van der Waals surface area contributed by atoms with E-state index in [0.717, 1.165) is 12.0 Å². The molecule has 1 amide bonds. The number of nitrogens with zero attached hydrogens (tertiary/aromatic N) is 1. The summed E-state index contributed by atoms with van der Waals surface area (Å²) in [5.74, 6) is 0.620. The minimum absolute atomic E-state index is 0.0644. The van der Waals surface area contributed by atoms with Gasteiger partial charge < -0.3 is 9.64 Å². The van der Waals surface area contributed by atoms with E-state index in [1.807, 2.05) is 30.3 Å². The van der Waals surface area contributed by atoms with E-state index in [1.54, 1.807) is 4.90 Å². The summed E-state index contributed by atoms with van der Waals surface area (Å²) in [6, 6.07) is 9.70. The number of rotatable bonds is 2. The van der Waals surface area contributed by atoms with E-state index < -0.39 is 0 Å². The van der Waals surface area contributed by atoms with Gasteiger partial charge in [0.2, 0.25) is 0 Å². The molecule has 2 bridgehead atoms. The Bertz CT molecular complexity index is 485. The Morgan fingerprint density at radius 2 is 2.05 bits per heavy atom. The van der Waals surface area contributed by atoms with E-state index in [2.05, 4.69) is 0 Å². The van der Waals surface area contributed by atoms with Crippen LogP contribution < -0.4 is 0 Å². The molecule has 2 unspecified atom stereocenters. The highest BCUT2D eigenvalue weighted by Gasteiger charge is 2.41. The highest BCUT2D eigenvalue weighted by atomic mass is 16.6. The van der Waals surface area contributed by atoms with Crippen LogP contribution in [0.1, 0.15) is 24.8 Å². The van der Waals surface area contributed by atoms with Crippen LogP contribution in [0.15, 0.2) is 30.3 Å². The minimum Gasteiger partial charge on any atom is -0.445 e. The second-order valence-corrected chi connectivity index (χ2v) is 5.40. The van der Waals surface area contributed by atoms with Crippen LogP contribution in [0.2, 0.25) is 0 Å². The molecule has 0 aromatic heterocycles. The predicted octanol–water partition coefficient (Wildman–Crippen LogP) is 2.38. The average Bonchev–Trinajstić information content (AvgIpc) is 2.72. The lowest BCUT2D eigenvalue weighted by Gasteiger charge is -2.23. The standard InChI is InChI=1S/C15H17NO3/c17-14-7-12-6-13(8-14)16(9-12)15(18)19-10-11-4-2-1-3-5-11/h1-5,12-13H,6-10H2. The molecule has 4 nitrogen and oxygen atoms in total. The zero-order chi connectivity index (χ0) is 13.2. The van der Waals surface area contributed by atoms with Gasteiger partial charge in [0.15, 0.2) is 0 Å². The Morgan fingerprint density at radius 3 is 2.84 bits per heavy atom. The lowest BCUT2D eigenvalue weighted by Crippen LogP contribution is -2.36. The quantitative estimate of drug-likeness (QED) is 0.819. The lowest BCUT2D eigenvalue weighted by molar-refractivity contribution is -0.121. The van der Waals surface area contributed by atoms with Gasteiger partial charge in [0.25, 0.3) is 0 Å². The van der Waals surface area contributed by atoms with Crippen molar-refractivity contribution in [2.75, 3.05) is 6.54 Å². The number of benzene rings is 1. The third-order valence-electron chi connectivity index (χ3n) is 3.92. The molecule has 3 rings (SSSR count). The molecule has 0 spiro atoms. The molecule has 1 saturated carbocycles. The first-order valence-corrected chi connectivity index (χ1v) is 6.71. The monoisotopic (exact) mass is 259 g/mol. The van der Waals surface area contributed by atoms with Crippen molar-refractivity contribution in [1.29, 1.82) is 0 Å². The van der Waals surface area contributed by atoms with Gasteiger partial charge in [-0.1, -0.05) is 30.3 Å². The number of fused-ring (bicyclic) bond motifs is 2. The number of Topliss-reactive ketones (excluding diaryl/α,β-unsaturated/α-hetero) is 1. The van der Waals surface area contributed by atoms with Crippen LogP contribution in [0.5, 0.6) is 0 Å². The van der Waals surface area contributed by atoms with Gasteiger partial charge in [-0.15, -0.1) is 0 Å². The Labute approximate surface area is 112 Å². The molecule has 1 aliphatic heterocycles. The molecule has 19 heavy (non-hydrogen) atoms. The molecule has 1 aromatic rings. The lowest BCUT2D eigenvalue weighted by atomic mass is 9.89. The topological polar surface area (TPSA) is 46.6 Å². The molecule has 2 aliphatic rings. The first-order chi connectivity index (χ1) is 9.22. The zero-order valence-electron chi connectivity index (χ0n) is 10.7. The van der Waals surface area contributed by atoms with Gasteiger partial charge in [-0.3, -0.25) is 4.79 Å². The van der Waals surface area contributed by atoms with Crippen molar-refractivity contribution in [3.8, 4) is 0 Å². The minimum atomic E-state index is -0.286. The third-order valence-corrected chi connectivity index (χ3v) is 3.92. The smallest absolute Gasteiger partial charge is 0.410 e. The molecule has 1 heterocycles. The first kappa shape index (κ1) is 12.2. The summed E-state index contributed by atoms with van der Waals surface area (Å²) in [7, 11) is 0. The largest absolute Gasteiger partial charge is 0.445 e. The van der Waals surface area contributed by atoms with E-state index in [0.29, 0.717) is 31.9 Å². The fourth-order valence-corrected chi connectivity index (χ4v) is 3.05. The van der Waals surface area contributed by atoms with Gasteiger partial charge in [-0.2, -0.15) is 0 Å². The first-order valence-electron chi connectivity index (χ1n) is 6.71. The van der Waals surface area contributed by atoms with E-state index in [1.165, 1.54) is 0 Å². The van der Waals surface area contributed by atoms with Crippen molar-refractivity contribution < 1.29 is 14.3 Å². The molecule has 0 radical (unpaired) electrons. The van der Waals surface area contributed by atoms with Crippen LogP contribution >= 0.6 is 0 Å². The van der Waals surface area contributed by atoms with Gasteiger partial charge in [-0.05, 0) is 17.9 Å². The normalized spacial score (nSPS) is 25.5. The maximum atomic E-state index is 12.1. The van der Waals surface area contributed by atoms with E-state index in [9.17, 15) is 9.59 Å². The van der Waals surface area contributed by atoms with Crippen LogP contribution in [0.4, 0.5) is 4.79 Å². The number of carbonyl (C=O) groups excluding carboxylic acids is 2. The van der Waals surface area contributed by atoms with Crippen molar-refractivity contribution in [2.24, 2.45) is 5.92 Å². The number of amides is 1. The van der Waals surface area contributed by atoms with E-state index in [-0.39, 0.29) is 17.9 Å². The molecular formula is C15H17NO3. The van der Waals surface area contributed by atoms with Gasteiger partial charge in [0.1, 0.15) is 12.4 Å². The Morgan fingerprint density at radius 1 is 1.26 bits per heavy atom. The molecule has 2 fully saturated rings. The van der Waals surface area contributed by atoms with Crippen molar-refractivity contribution in [2.45, 2.75) is 31.9 Å². The van der Waals surface area contributed by atoms with E-state index in [4.69, 9.17) is 4.74 Å². The van der Waals surface area contributed by atoms with Crippen molar-refractivity contribution in [3.63, 3.8) is 0 Å². The van der Waals surface area contributed by atoms with Crippen molar-refractivity contribution in [3.05, 3.63) is 35.9 Å². The summed E-state index contributed by atoms with van der Waals surface area (Å²) in [6.45, 7) is 0.964. The van der Waals surface area contributed by atoms with Crippen LogP contribution in [-0.2, 0) is 16.1 Å². The Kier molecular flexibility index (Phi) is 3.23. The highest BCUT2D eigenvalue weighted by Crippen LogP contribution is 2.34. The Hall–Kier alpha value is -1.84. The Balaban J connectivity index is 1.58. The summed E-state index contributed by atoms with van der Waals surface area (Å²) in [5.41, 5.74) is 0.981. The fraction of sp³-hybridized carbons (Fsp3) is 0.467. The number of ether oxygens (including phenoxy) is 1. The maximum absolute atomic E-state index is 12.1.